The van der Waals surface area contributed by atoms with Crippen LogP contribution >= 0.6 is 11.6 Å². The summed E-state index contributed by atoms with van der Waals surface area (Å²) in [5, 5.41) is 18.4. The number of aromatic amines is 1. The molecule has 0 spiro atoms. The van der Waals surface area contributed by atoms with Crippen molar-refractivity contribution in [1.29, 1.82) is 0 Å². The van der Waals surface area contributed by atoms with Crippen LogP contribution in [0.15, 0.2) is 59.1 Å². The summed E-state index contributed by atoms with van der Waals surface area (Å²) in [4.78, 5) is 3.99. The van der Waals surface area contributed by atoms with Crippen molar-refractivity contribution in [3.8, 4) is 34.3 Å². The molecule has 0 unspecified atom stereocenters. The minimum Gasteiger partial charge on any atom is -0.507 e. The van der Waals surface area contributed by atoms with Crippen LogP contribution in [0, 0.1) is 6.92 Å². The average Bonchev–Trinajstić information content (AvgIpc) is 3.07. The number of ether oxygens (including phenoxy) is 2. The zero-order chi connectivity index (χ0) is 20.8. The van der Waals surface area contributed by atoms with Crippen molar-refractivity contribution in [2.75, 3.05) is 13.7 Å². The lowest BCUT2D eigenvalue weighted by Crippen LogP contribution is -2.02. The Morgan fingerprint density at radius 3 is 2.59 bits per heavy atom. The van der Waals surface area contributed by atoms with Gasteiger partial charge in [-0.05, 0) is 50.2 Å². The first kappa shape index (κ1) is 20.5. The Morgan fingerprint density at radius 1 is 1.21 bits per heavy atom. The number of aromatic nitrogens is 2. The number of allylic oxidation sites excluding steroid dienone is 1. The summed E-state index contributed by atoms with van der Waals surface area (Å²) in [7, 11) is 1.71. The highest BCUT2D eigenvalue weighted by Gasteiger charge is 2.18. The van der Waals surface area contributed by atoms with Crippen LogP contribution in [0.1, 0.15) is 12.6 Å². The maximum Gasteiger partial charge on any atom is 0.176 e. The van der Waals surface area contributed by atoms with Gasteiger partial charge < -0.3 is 14.6 Å². The number of hydrogen-bond acceptors (Lipinski definition) is 5. The van der Waals surface area contributed by atoms with Crippen molar-refractivity contribution in [1.82, 2.24) is 10.2 Å². The summed E-state index contributed by atoms with van der Waals surface area (Å²) >= 11 is 5.93. The molecule has 0 fully saturated rings. The van der Waals surface area contributed by atoms with E-state index in [0.717, 1.165) is 11.3 Å². The molecular formula is C22H22ClN3O3. The predicted octanol–water partition coefficient (Wildman–Crippen LogP) is 5.56. The molecule has 3 rings (SSSR count). The van der Waals surface area contributed by atoms with E-state index in [1.807, 2.05) is 19.9 Å². The smallest absolute Gasteiger partial charge is 0.176 e. The first-order valence-corrected chi connectivity index (χ1v) is 9.41. The van der Waals surface area contributed by atoms with Gasteiger partial charge in [-0.3, -0.25) is 10.1 Å². The molecule has 0 atom stereocenters. The van der Waals surface area contributed by atoms with E-state index in [9.17, 15) is 5.11 Å². The molecule has 0 amide bonds. The summed E-state index contributed by atoms with van der Waals surface area (Å²) in [5.41, 5.74) is 2.73. The Bertz CT molecular complexity index is 1040. The number of aliphatic imine (C=N–C) groups is 1. The van der Waals surface area contributed by atoms with E-state index in [0.29, 0.717) is 40.1 Å². The summed E-state index contributed by atoms with van der Waals surface area (Å²) in [6, 6.07) is 12.1. The highest BCUT2D eigenvalue weighted by molar-refractivity contribution is 6.30. The number of H-pyrrole nitrogens is 1. The maximum absolute atomic E-state index is 10.6. The molecule has 0 saturated heterocycles. The van der Waals surface area contributed by atoms with Crippen molar-refractivity contribution in [3.05, 3.63) is 64.8 Å². The quantitative estimate of drug-likeness (QED) is 0.498. The number of aromatic hydroxyl groups is 1. The zero-order valence-corrected chi connectivity index (χ0v) is 17.2. The molecule has 0 aliphatic rings. The predicted molar refractivity (Wildman–Crippen MR) is 116 cm³/mol. The number of nitrogens with zero attached hydrogens (tertiary/aromatic N) is 2. The number of benzene rings is 2. The standard InChI is InChI=1S/C22H22ClN3O3/c1-4-15(12-24-3)13-28-18-9-10-19(20(27)11-18)21-22(14(2)25-26-21)29-17-7-5-16(23)6-8-17/h4-12,27H,13H2,1-3H3,(H,25,26)/b15-4+,24-12-. The SMILES string of the molecule is C/C=C(\C=N/C)COc1ccc(-c2n[nH]c(C)c2Oc2ccc(Cl)cc2)c(O)c1. The molecule has 3 aromatic rings. The van der Waals surface area contributed by atoms with Crippen LogP contribution in [0.3, 0.4) is 0 Å². The van der Waals surface area contributed by atoms with Crippen LogP contribution in [0.25, 0.3) is 11.3 Å². The van der Waals surface area contributed by atoms with Gasteiger partial charge in [0, 0.05) is 35.5 Å². The molecule has 1 aromatic heterocycles. The minimum absolute atomic E-state index is 0.0427. The van der Waals surface area contributed by atoms with E-state index in [4.69, 9.17) is 21.1 Å². The van der Waals surface area contributed by atoms with Gasteiger partial charge in [0.25, 0.3) is 0 Å². The second kappa shape index (κ2) is 9.30. The van der Waals surface area contributed by atoms with Crippen LogP contribution in [0.2, 0.25) is 5.02 Å². The van der Waals surface area contributed by atoms with Gasteiger partial charge in [-0.15, -0.1) is 0 Å². The monoisotopic (exact) mass is 411 g/mol. The van der Waals surface area contributed by atoms with Crippen molar-refractivity contribution >= 4 is 17.8 Å². The lowest BCUT2D eigenvalue weighted by atomic mass is 10.1. The third-order valence-electron chi connectivity index (χ3n) is 4.22. The third-order valence-corrected chi connectivity index (χ3v) is 4.47. The van der Waals surface area contributed by atoms with Crippen molar-refractivity contribution < 1.29 is 14.6 Å². The maximum atomic E-state index is 10.6. The topological polar surface area (TPSA) is 79.7 Å². The molecule has 0 aliphatic carbocycles. The molecule has 29 heavy (non-hydrogen) atoms. The Hall–Kier alpha value is -3.25. The van der Waals surface area contributed by atoms with Crippen LogP contribution in [-0.2, 0) is 0 Å². The zero-order valence-electron chi connectivity index (χ0n) is 16.4. The van der Waals surface area contributed by atoms with Gasteiger partial charge in [0.15, 0.2) is 5.75 Å². The van der Waals surface area contributed by atoms with E-state index >= 15 is 0 Å². The number of phenols is 1. The third kappa shape index (κ3) is 4.97. The largest absolute Gasteiger partial charge is 0.507 e. The van der Waals surface area contributed by atoms with Crippen LogP contribution in [0.4, 0.5) is 0 Å². The number of hydrogen-bond donors (Lipinski definition) is 2. The molecule has 0 bridgehead atoms. The summed E-state index contributed by atoms with van der Waals surface area (Å²) in [6.07, 6.45) is 3.66. The first-order chi connectivity index (χ1) is 14.0. The van der Waals surface area contributed by atoms with Gasteiger partial charge in [0.05, 0.1) is 5.69 Å². The molecule has 2 N–H and O–H groups in total. The van der Waals surface area contributed by atoms with Crippen LogP contribution < -0.4 is 9.47 Å². The Kier molecular flexibility index (Phi) is 6.57. The molecule has 7 heteroatoms. The molecule has 150 valence electrons. The van der Waals surface area contributed by atoms with Gasteiger partial charge in [-0.25, -0.2) is 0 Å². The highest BCUT2D eigenvalue weighted by atomic mass is 35.5. The number of halogens is 1. The van der Waals surface area contributed by atoms with Gasteiger partial charge in [-0.1, -0.05) is 17.7 Å². The number of aryl methyl sites for hydroxylation is 1. The fourth-order valence-electron chi connectivity index (χ4n) is 2.68. The molecule has 6 nitrogen and oxygen atoms in total. The molecule has 0 aliphatic heterocycles. The average molecular weight is 412 g/mol. The first-order valence-electron chi connectivity index (χ1n) is 9.03. The molecule has 1 heterocycles. The lowest BCUT2D eigenvalue weighted by molar-refractivity contribution is 0.355. The van der Waals surface area contributed by atoms with E-state index in [1.54, 1.807) is 55.7 Å². The molecular weight excluding hydrogens is 390 g/mol. The van der Waals surface area contributed by atoms with E-state index in [-0.39, 0.29) is 5.75 Å². The van der Waals surface area contributed by atoms with E-state index in [2.05, 4.69) is 15.2 Å². The number of phenolic OH excluding ortho intramolecular Hbond substituents is 1. The Balaban J connectivity index is 1.83. The Labute approximate surface area is 174 Å². The van der Waals surface area contributed by atoms with Crippen LogP contribution in [0.5, 0.6) is 23.0 Å². The minimum atomic E-state index is 0.0427. The van der Waals surface area contributed by atoms with Crippen LogP contribution in [-0.4, -0.2) is 35.2 Å². The van der Waals surface area contributed by atoms with E-state index in [1.165, 1.54) is 0 Å². The molecule has 2 aromatic carbocycles. The second-order valence-corrected chi connectivity index (χ2v) is 6.74. The summed E-state index contributed by atoms with van der Waals surface area (Å²) in [5.74, 6) is 1.74. The van der Waals surface area contributed by atoms with Gasteiger partial charge >= 0.3 is 0 Å². The fraction of sp³-hybridized carbons (Fsp3) is 0.182. The summed E-state index contributed by atoms with van der Waals surface area (Å²) in [6.45, 7) is 4.13. The molecule has 0 saturated carbocycles. The fourth-order valence-corrected chi connectivity index (χ4v) is 2.80. The Morgan fingerprint density at radius 2 is 1.93 bits per heavy atom. The van der Waals surface area contributed by atoms with Crippen molar-refractivity contribution in [2.45, 2.75) is 13.8 Å². The number of rotatable bonds is 7. The second-order valence-electron chi connectivity index (χ2n) is 6.30. The summed E-state index contributed by atoms with van der Waals surface area (Å²) < 4.78 is 11.7. The van der Waals surface area contributed by atoms with Gasteiger partial charge in [0.1, 0.15) is 29.5 Å². The molecule has 0 radical (unpaired) electrons. The number of nitrogens with one attached hydrogen (secondary N) is 1. The van der Waals surface area contributed by atoms with Crippen molar-refractivity contribution in [2.24, 2.45) is 4.99 Å². The normalized spacial score (nSPS) is 11.8. The van der Waals surface area contributed by atoms with Gasteiger partial charge in [0.2, 0.25) is 0 Å². The lowest BCUT2D eigenvalue weighted by Gasteiger charge is -2.11. The van der Waals surface area contributed by atoms with E-state index < -0.39 is 0 Å². The van der Waals surface area contributed by atoms with Gasteiger partial charge in [-0.2, -0.15) is 5.10 Å². The van der Waals surface area contributed by atoms with Crippen molar-refractivity contribution in [3.63, 3.8) is 0 Å². The highest BCUT2D eigenvalue weighted by Crippen LogP contribution is 2.39.